The van der Waals surface area contributed by atoms with Crippen LogP contribution in [-0.4, -0.2) is 37.1 Å². The Morgan fingerprint density at radius 1 is 1.24 bits per heavy atom. The van der Waals surface area contributed by atoms with Crippen molar-refractivity contribution in [1.29, 1.82) is 0 Å². The van der Waals surface area contributed by atoms with Gasteiger partial charge in [0.05, 0.1) is 5.92 Å². The molecule has 1 aliphatic rings. The highest BCUT2D eigenvalue weighted by molar-refractivity contribution is 5.71. The number of esters is 1. The van der Waals surface area contributed by atoms with Gasteiger partial charge < -0.3 is 4.74 Å². The predicted molar refractivity (Wildman–Crippen MR) is 69.8 cm³/mol. The third-order valence-electron chi connectivity index (χ3n) is 3.70. The van der Waals surface area contributed by atoms with Crippen molar-refractivity contribution in [2.45, 2.75) is 40.5 Å². The maximum atomic E-state index is 11.3. The van der Waals surface area contributed by atoms with Gasteiger partial charge in [-0.25, -0.2) is 0 Å². The number of carbonyl (C=O) groups is 1. The minimum absolute atomic E-state index is 0.0123. The molecule has 1 aliphatic heterocycles. The van der Waals surface area contributed by atoms with E-state index in [2.05, 4.69) is 18.7 Å². The van der Waals surface area contributed by atoms with E-state index in [1.165, 1.54) is 12.8 Å². The molecule has 0 bridgehead atoms. The lowest BCUT2D eigenvalue weighted by Crippen LogP contribution is -2.37. The van der Waals surface area contributed by atoms with E-state index >= 15 is 0 Å². The van der Waals surface area contributed by atoms with E-state index in [0.29, 0.717) is 6.61 Å². The average Bonchev–Trinajstić information content (AvgIpc) is 2.29. The van der Waals surface area contributed by atoms with E-state index < -0.39 is 0 Å². The number of carbonyl (C=O) groups excluding carboxylic acids is 1. The van der Waals surface area contributed by atoms with Gasteiger partial charge in [0, 0.05) is 6.54 Å². The molecule has 0 saturated carbocycles. The molecule has 0 N–H and O–H groups in total. The van der Waals surface area contributed by atoms with Crippen LogP contribution in [0, 0.1) is 17.8 Å². The number of hydrogen-bond acceptors (Lipinski definition) is 3. The molecule has 0 aromatic rings. The molecular weight excluding hydrogens is 214 g/mol. The topological polar surface area (TPSA) is 29.5 Å². The quantitative estimate of drug-likeness (QED) is 0.693. The van der Waals surface area contributed by atoms with Crippen LogP contribution >= 0.6 is 0 Å². The number of likely N-dealkylation sites (tertiary alicyclic amines) is 1. The fraction of sp³-hybridized carbons (Fsp3) is 0.929. The van der Waals surface area contributed by atoms with Gasteiger partial charge in [0.2, 0.25) is 0 Å². The van der Waals surface area contributed by atoms with Crippen LogP contribution < -0.4 is 0 Å². The Bertz CT molecular complexity index is 230. The molecule has 100 valence electrons. The van der Waals surface area contributed by atoms with Crippen LogP contribution in [0.15, 0.2) is 0 Å². The van der Waals surface area contributed by atoms with Gasteiger partial charge >= 0.3 is 5.97 Å². The van der Waals surface area contributed by atoms with Gasteiger partial charge in [-0.1, -0.05) is 27.7 Å². The molecule has 1 saturated heterocycles. The molecule has 3 heteroatoms. The highest BCUT2D eigenvalue weighted by Crippen LogP contribution is 2.24. The number of nitrogens with zero attached hydrogens (tertiary/aromatic N) is 1. The maximum Gasteiger partial charge on any atom is 0.308 e. The van der Waals surface area contributed by atoms with E-state index in [4.69, 9.17) is 4.74 Å². The van der Waals surface area contributed by atoms with Crippen molar-refractivity contribution in [3.05, 3.63) is 0 Å². The minimum Gasteiger partial charge on any atom is -0.464 e. The zero-order valence-corrected chi connectivity index (χ0v) is 11.7. The summed E-state index contributed by atoms with van der Waals surface area (Å²) in [6, 6.07) is 0. The third-order valence-corrected chi connectivity index (χ3v) is 3.70. The lowest BCUT2D eigenvalue weighted by Gasteiger charge is -2.33. The normalized spacial score (nSPS) is 18.9. The zero-order chi connectivity index (χ0) is 12.8. The number of ether oxygens (including phenoxy) is 1. The van der Waals surface area contributed by atoms with Gasteiger partial charge in [-0.3, -0.25) is 9.69 Å². The highest BCUT2D eigenvalue weighted by atomic mass is 16.5. The smallest absolute Gasteiger partial charge is 0.308 e. The summed E-state index contributed by atoms with van der Waals surface area (Å²) < 4.78 is 5.20. The molecule has 1 heterocycles. The SMILES string of the molecule is CC(C)C(=O)OCCN1CCC(C(C)C)CC1. The first-order chi connectivity index (χ1) is 8.00. The molecule has 0 aromatic heterocycles. The van der Waals surface area contributed by atoms with Crippen molar-refractivity contribution in [3.8, 4) is 0 Å². The van der Waals surface area contributed by atoms with Crippen molar-refractivity contribution >= 4 is 5.97 Å². The molecule has 0 aliphatic carbocycles. The molecule has 0 aromatic carbocycles. The van der Waals surface area contributed by atoms with Crippen LogP contribution in [0.4, 0.5) is 0 Å². The predicted octanol–water partition coefficient (Wildman–Crippen LogP) is 2.55. The van der Waals surface area contributed by atoms with Crippen LogP contribution in [-0.2, 0) is 9.53 Å². The van der Waals surface area contributed by atoms with Gasteiger partial charge in [0.1, 0.15) is 6.61 Å². The summed E-state index contributed by atoms with van der Waals surface area (Å²) in [5.41, 5.74) is 0. The van der Waals surface area contributed by atoms with Crippen molar-refractivity contribution in [2.75, 3.05) is 26.2 Å². The van der Waals surface area contributed by atoms with Gasteiger partial charge in [0.25, 0.3) is 0 Å². The van der Waals surface area contributed by atoms with E-state index in [0.717, 1.165) is 31.5 Å². The third kappa shape index (κ3) is 5.07. The van der Waals surface area contributed by atoms with Crippen molar-refractivity contribution < 1.29 is 9.53 Å². The standard InChI is InChI=1S/C14H27NO2/c1-11(2)13-5-7-15(8-6-13)9-10-17-14(16)12(3)4/h11-13H,5-10H2,1-4H3. The Hall–Kier alpha value is -0.570. The van der Waals surface area contributed by atoms with Gasteiger partial charge in [-0.05, 0) is 37.8 Å². The van der Waals surface area contributed by atoms with E-state index in [-0.39, 0.29) is 11.9 Å². The first-order valence-electron chi connectivity index (χ1n) is 6.89. The zero-order valence-electron chi connectivity index (χ0n) is 11.7. The second-order valence-electron chi connectivity index (χ2n) is 5.75. The summed E-state index contributed by atoms with van der Waals surface area (Å²) in [4.78, 5) is 13.7. The Balaban J connectivity index is 2.12. The average molecular weight is 241 g/mol. The molecule has 0 spiro atoms. The molecule has 0 atom stereocenters. The Kier molecular flexibility index (Phi) is 5.96. The molecule has 0 radical (unpaired) electrons. The van der Waals surface area contributed by atoms with Crippen molar-refractivity contribution in [2.24, 2.45) is 17.8 Å². The summed E-state index contributed by atoms with van der Waals surface area (Å²) in [5, 5.41) is 0. The van der Waals surface area contributed by atoms with Crippen molar-refractivity contribution in [1.82, 2.24) is 4.90 Å². The molecular formula is C14H27NO2. The highest BCUT2D eigenvalue weighted by Gasteiger charge is 2.21. The fourth-order valence-electron chi connectivity index (χ4n) is 2.29. The summed E-state index contributed by atoms with van der Waals surface area (Å²) in [6.45, 7) is 12.1. The van der Waals surface area contributed by atoms with Crippen LogP contribution in [0.2, 0.25) is 0 Å². The summed E-state index contributed by atoms with van der Waals surface area (Å²) in [6.07, 6.45) is 2.57. The number of rotatable bonds is 5. The first kappa shape index (κ1) is 14.5. The molecule has 1 rings (SSSR count). The van der Waals surface area contributed by atoms with Crippen LogP contribution in [0.3, 0.4) is 0 Å². The Labute approximate surface area is 106 Å². The lowest BCUT2D eigenvalue weighted by molar-refractivity contribution is -0.147. The molecule has 1 fully saturated rings. The number of piperidine rings is 1. The minimum atomic E-state index is -0.0814. The van der Waals surface area contributed by atoms with E-state index in [1.807, 2.05) is 13.8 Å². The lowest BCUT2D eigenvalue weighted by atomic mass is 9.87. The molecule has 0 amide bonds. The fourth-order valence-corrected chi connectivity index (χ4v) is 2.29. The van der Waals surface area contributed by atoms with Gasteiger partial charge in [-0.2, -0.15) is 0 Å². The second-order valence-corrected chi connectivity index (χ2v) is 5.75. The largest absolute Gasteiger partial charge is 0.464 e. The van der Waals surface area contributed by atoms with Crippen LogP contribution in [0.1, 0.15) is 40.5 Å². The summed E-state index contributed by atoms with van der Waals surface area (Å²) >= 11 is 0. The second kappa shape index (κ2) is 7.00. The maximum absolute atomic E-state index is 11.3. The van der Waals surface area contributed by atoms with Gasteiger partial charge in [0.15, 0.2) is 0 Å². The molecule has 17 heavy (non-hydrogen) atoms. The van der Waals surface area contributed by atoms with Crippen molar-refractivity contribution in [3.63, 3.8) is 0 Å². The molecule has 0 unspecified atom stereocenters. The Morgan fingerprint density at radius 2 is 1.82 bits per heavy atom. The van der Waals surface area contributed by atoms with Crippen LogP contribution in [0.25, 0.3) is 0 Å². The summed E-state index contributed by atoms with van der Waals surface area (Å²) in [5.74, 6) is 1.59. The first-order valence-corrected chi connectivity index (χ1v) is 6.89. The monoisotopic (exact) mass is 241 g/mol. The van der Waals surface area contributed by atoms with Gasteiger partial charge in [-0.15, -0.1) is 0 Å². The van der Waals surface area contributed by atoms with E-state index in [9.17, 15) is 4.79 Å². The Morgan fingerprint density at radius 3 is 2.29 bits per heavy atom. The molecule has 3 nitrogen and oxygen atoms in total. The number of hydrogen-bond donors (Lipinski definition) is 0. The summed E-state index contributed by atoms with van der Waals surface area (Å²) in [7, 11) is 0. The van der Waals surface area contributed by atoms with E-state index in [1.54, 1.807) is 0 Å². The van der Waals surface area contributed by atoms with Crippen LogP contribution in [0.5, 0.6) is 0 Å².